The third-order valence-corrected chi connectivity index (χ3v) is 4.66. The summed E-state index contributed by atoms with van der Waals surface area (Å²) in [7, 11) is 0. The van der Waals surface area contributed by atoms with Crippen LogP contribution in [0.15, 0.2) is 40.9 Å². The van der Waals surface area contributed by atoms with Crippen molar-refractivity contribution in [1.82, 2.24) is 10.9 Å². The molecular formula is C21H24BrN3O4. The fourth-order valence-corrected chi connectivity index (χ4v) is 2.85. The number of aryl methyl sites for hydroxylation is 2. The summed E-state index contributed by atoms with van der Waals surface area (Å²) in [4.78, 5) is 36.3. The van der Waals surface area contributed by atoms with Crippen molar-refractivity contribution >= 4 is 39.3 Å². The van der Waals surface area contributed by atoms with E-state index in [-0.39, 0.29) is 24.3 Å². The van der Waals surface area contributed by atoms with Crippen LogP contribution in [-0.2, 0) is 9.59 Å². The van der Waals surface area contributed by atoms with Crippen molar-refractivity contribution in [2.75, 3.05) is 11.9 Å². The lowest BCUT2D eigenvalue weighted by molar-refractivity contribution is -0.124. The topological polar surface area (TPSA) is 96.5 Å². The molecule has 0 aliphatic carbocycles. The van der Waals surface area contributed by atoms with E-state index in [1.54, 1.807) is 18.2 Å². The van der Waals surface area contributed by atoms with E-state index in [9.17, 15) is 14.4 Å². The van der Waals surface area contributed by atoms with Crippen molar-refractivity contribution < 1.29 is 19.1 Å². The van der Waals surface area contributed by atoms with Crippen LogP contribution in [0.1, 0.15) is 41.3 Å². The number of carbonyl (C=O) groups excluding carboxylic acids is 3. The molecule has 0 fully saturated rings. The van der Waals surface area contributed by atoms with Crippen molar-refractivity contribution in [3.8, 4) is 5.75 Å². The van der Waals surface area contributed by atoms with Crippen LogP contribution in [0.5, 0.6) is 5.75 Å². The number of hydrazine groups is 1. The maximum atomic E-state index is 12.3. The first-order chi connectivity index (χ1) is 13.8. The van der Waals surface area contributed by atoms with Gasteiger partial charge >= 0.3 is 0 Å². The number of rotatable bonds is 7. The molecule has 0 aliphatic rings. The molecule has 2 aromatic rings. The second-order valence-corrected chi connectivity index (χ2v) is 7.34. The lowest BCUT2D eigenvalue weighted by Crippen LogP contribution is -2.42. The highest BCUT2D eigenvalue weighted by atomic mass is 79.9. The molecule has 0 heterocycles. The van der Waals surface area contributed by atoms with Crippen LogP contribution in [0.2, 0.25) is 0 Å². The van der Waals surface area contributed by atoms with E-state index in [4.69, 9.17) is 4.74 Å². The summed E-state index contributed by atoms with van der Waals surface area (Å²) in [6.45, 7) is 6.17. The van der Waals surface area contributed by atoms with Crippen molar-refractivity contribution in [3.63, 3.8) is 0 Å². The van der Waals surface area contributed by atoms with Gasteiger partial charge in [-0.25, -0.2) is 0 Å². The van der Waals surface area contributed by atoms with Crippen molar-refractivity contribution in [2.45, 2.75) is 33.6 Å². The number of halogens is 1. The molecule has 0 saturated heterocycles. The molecule has 0 saturated carbocycles. The van der Waals surface area contributed by atoms with E-state index < -0.39 is 11.8 Å². The van der Waals surface area contributed by atoms with Gasteiger partial charge in [0.2, 0.25) is 11.8 Å². The lowest BCUT2D eigenvalue weighted by atomic mass is 10.1. The number of carbonyl (C=O) groups is 3. The van der Waals surface area contributed by atoms with Crippen LogP contribution in [-0.4, -0.2) is 24.3 Å². The quantitative estimate of drug-likeness (QED) is 0.548. The van der Waals surface area contributed by atoms with Crippen LogP contribution in [0.3, 0.4) is 0 Å². The molecular weight excluding hydrogens is 438 g/mol. The molecule has 2 aromatic carbocycles. The Morgan fingerprint density at radius 3 is 2.34 bits per heavy atom. The SMILES string of the molecule is CCOc1ccc(Br)cc1C(=O)NNC(=O)CCC(=O)Nc1ccc(C)c(C)c1. The van der Waals surface area contributed by atoms with Gasteiger partial charge in [-0.1, -0.05) is 22.0 Å². The molecule has 0 aromatic heterocycles. The number of benzene rings is 2. The molecule has 3 N–H and O–H groups in total. The highest BCUT2D eigenvalue weighted by Crippen LogP contribution is 2.23. The van der Waals surface area contributed by atoms with E-state index in [1.807, 2.05) is 39.0 Å². The third kappa shape index (κ3) is 6.90. The first-order valence-electron chi connectivity index (χ1n) is 9.18. The molecule has 0 atom stereocenters. The second kappa shape index (κ2) is 10.6. The van der Waals surface area contributed by atoms with Crippen LogP contribution in [0, 0.1) is 13.8 Å². The predicted molar refractivity (Wildman–Crippen MR) is 115 cm³/mol. The molecule has 29 heavy (non-hydrogen) atoms. The zero-order valence-corrected chi connectivity index (χ0v) is 18.2. The van der Waals surface area contributed by atoms with Crippen LogP contribution in [0.25, 0.3) is 0 Å². The Hall–Kier alpha value is -2.87. The predicted octanol–water partition coefficient (Wildman–Crippen LogP) is 3.64. The highest BCUT2D eigenvalue weighted by Gasteiger charge is 2.14. The number of amides is 3. The molecule has 0 bridgehead atoms. The average molecular weight is 462 g/mol. The fourth-order valence-electron chi connectivity index (χ4n) is 2.49. The normalized spacial score (nSPS) is 10.2. The van der Waals surface area contributed by atoms with E-state index in [0.717, 1.165) is 11.1 Å². The molecule has 0 aliphatic heterocycles. The number of hydrogen-bond donors (Lipinski definition) is 3. The first kappa shape index (κ1) is 22.4. The van der Waals surface area contributed by atoms with Crippen molar-refractivity contribution in [1.29, 1.82) is 0 Å². The summed E-state index contributed by atoms with van der Waals surface area (Å²) in [6.07, 6.45) is -0.0660. The Morgan fingerprint density at radius 2 is 1.66 bits per heavy atom. The summed E-state index contributed by atoms with van der Waals surface area (Å²) < 4.78 is 6.13. The Labute approximate surface area is 178 Å². The molecule has 0 unspecified atom stereocenters. The van der Waals surface area contributed by atoms with Gasteiger partial charge in [0, 0.05) is 23.0 Å². The van der Waals surface area contributed by atoms with Crippen molar-refractivity contribution in [2.24, 2.45) is 0 Å². The zero-order valence-electron chi connectivity index (χ0n) is 16.6. The van der Waals surface area contributed by atoms with Gasteiger partial charge in [-0.05, 0) is 62.2 Å². The van der Waals surface area contributed by atoms with Gasteiger partial charge in [-0.3, -0.25) is 25.2 Å². The molecule has 0 radical (unpaired) electrons. The van der Waals surface area contributed by atoms with Gasteiger partial charge < -0.3 is 10.1 Å². The van der Waals surface area contributed by atoms with Crippen LogP contribution >= 0.6 is 15.9 Å². The maximum absolute atomic E-state index is 12.3. The summed E-state index contributed by atoms with van der Waals surface area (Å²) in [5.74, 6) is -0.847. The minimum absolute atomic E-state index is 0.00426. The Bertz CT molecular complexity index is 915. The van der Waals surface area contributed by atoms with E-state index in [0.29, 0.717) is 22.5 Å². The molecule has 7 nitrogen and oxygen atoms in total. The Kier molecular flexibility index (Phi) is 8.21. The zero-order chi connectivity index (χ0) is 21.4. The fraction of sp³-hybridized carbons (Fsp3) is 0.286. The summed E-state index contributed by atoms with van der Waals surface area (Å²) in [6, 6.07) is 10.6. The van der Waals surface area contributed by atoms with Gasteiger partial charge in [-0.2, -0.15) is 0 Å². The Morgan fingerprint density at radius 1 is 0.931 bits per heavy atom. The van der Waals surface area contributed by atoms with Crippen LogP contribution in [0.4, 0.5) is 5.69 Å². The Balaban J connectivity index is 1.82. The minimum Gasteiger partial charge on any atom is -0.493 e. The molecule has 2 rings (SSSR count). The highest BCUT2D eigenvalue weighted by molar-refractivity contribution is 9.10. The largest absolute Gasteiger partial charge is 0.493 e. The number of nitrogens with one attached hydrogen (secondary N) is 3. The minimum atomic E-state index is -0.511. The molecule has 0 spiro atoms. The standard InChI is InChI=1S/C21H24BrN3O4/c1-4-29-18-8-6-15(22)12-17(18)21(28)25-24-20(27)10-9-19(26)23-16-7-5-13(2)14(3)11-16/h5-8,11-12H,4,9-10H2,1-3H3,(H,23,26)(H,24,27)(H,25,28). The number of hydrogen-bond acceptors (Lipinski definition) is 4. The van der Waals surface area contributed by atoms with Gasteiger partial charge in [0.05, 0.1) is 12.2 Å². The summed E-state index contributed by atoms with van der Waals surface area (Å²) in [5, 5.41) is 2.76. The van der Waals surface area contributed by atoms with Gasteiger partial charge in [0.15, 0.2) is 0 Å². The van der Waals surface area contributed by atoms with Gasteiger partial charge in [-0.15, -0.1) is 0 Å². The number of ether oxygens (including phenoxy) is 1. The van der Waals surface area contributed by atoms with E-state index in [1.165, 1.54) is 0 Å². The van der Waals surface area contributed by atoms with E-state index >= 15 is 0 Å². The molecule has 3 amide bonds. The van der Waals surface area contributed by atoms with E-state index in [2.05, 4.69) is 32.1 Å². The molecule has 8 heteroatoms. The van der Waals surface area contributed by atoms with Crippen LogP contribution < -0.4 is 20.9 Å². The van der Waals surface area contributed by atoms with Crippen molar-refractivity contribution in [3.05, 3.63) is 57.6 Å². The smallest absolute Gasteiger partial charge is 0.273 e. The lowest BCUT2D eigenvalue weighted by Gasteiger charge is -2.12. The second-order valence-electron chi connectivity index (χ2n) is 6.42. The monoisotopic (exact) mass is 461 g/mol. The molecule has 154 valence electrons. The van der Waals surface area contributed by atoms with Gasteiger partial charge in [0.1, 0.15) is 5.75 Å². The average Bonchev–Trinajstić information content (AvgIpc) is 2.69. The number of anilines is 1. The summed E-state index contributed by atoms with van der Waals surface area (Å²) >= 11 is 3.30. The van der Waals surface area contributed by atoms with Gasteiger partial charge in [0.25, 0.3) is 5.91 Å². The first-order valence-corrected chi connectivity index (χ1v) is 9.98. The maximum Gasteiger partial charge on any atom is 0.273 e. The summed E-state index contributed by atoms with van der Waals surface area (Å²) in [5.41, 5.74) is 7.84. The third-order valence-electron chi connectivity index (χ3n) is 4.17.